The van der Waals surface area contributed by atoms with Gasteiger partial charge in [0.2, 0.25) is 0 Å². The summed E-state index contributed by atoms with van der Waals surface area (Å²) >= 11 is 1.40. The fourth-order valence-electron chi connectivity index (χ4n) is 2.66. The Morgan fingerprint density at radius 1 is 1.29 bits per heavy atom. The molecule has 0 unspecified atom stereocenters. The molecule has 0 radical (unpaired) electrons. The number of carbonyl (C=O) groups is 1. The van der Waals surface area contributed by atoms with Gasteiger partial charge >= 0.3 is 5.97 Å². The molecule has 7 nitrogen and oxygen atoms in total. The average Bonchev–Trinajstić information content (AvgIpc) is 3.29. The van der Waals surface area contributed by atoms with Crippen molar-refractivity contribution in [2.24, 2.45) is 0 Å². The molecule has 9 heteroatoms. The molecular weight excluding hydrogens is 383 g/mol. The highest BCUT2D eigenvalue weighted by Crippen LogP contribution is 2.38. The maximum atomic E-state index is 14.1. The van der Waals surface area contributed by atoms with Crippen LogP contribution in [-0.2, 0) is 11.3 Å². The average molecular weight is 398 g/mol. The first kappa shape index (κ1) is 18.1. The molecule has 0 amide bonds. The van der Waals surface area contributed by atoms with Crippen molar-refractivity contribution < 1.29 is 19.0 Å². The van der Waals surface area contributed by atoms with Crippen LogP contribution in [0.4, 0.5) is 4.39 Å². The van der Waals surface area contributed by atoms with Crippen LogP contribution in [0.1, 0.15) is 12.0 Å². The van der Waals surface area contributed by atoms with E-state index in [0.717, 1.165) is 15.1 Å². The number of carboxylic acid groups (broad SMARTS) is 1. The van der Waals surface area contributed by atoms with Crippen LogP contribution in [0.3, 0.4) is 0 Å². The number of hydrogen-bond donors (Lipinski definition) is 1. The Morgan fingerprint density at radius 2 is 2.14 bits per heavy atom. The Balaban J connectivity index is 1.64. The monoisotopic (exact) mass is 398 g/mol. The van der Waals surface area contributed by atoms with Crippen molar-refractivity contribution in [2.75, 3.05) is 0 Å². The lowest BCUT2D eigenvalue weighted by Crippen LogP contribution is -2.04. The van der Waals surface area contributed by atoms with Crippen molar-refractivity contribution in [3.8, 4) is 22.1 Å². The van der Waals surface area contributed by atoms with Crippen molar-refractivity contribution in [1.82, 2.24) is 20.0 Å². The van der Waals surface area contributed by atoms with E-state index >= 15 is 0 Å². The molecule has 28 heavy (non-hydrogen) atoms. The highest BCUT2D eigenvalue weighted by molar-refractivity contribution is 7.22. The molecule has 0 aliphatic rings. The fraction of sp³-hybridized carbons (Fsp3) is 0.158. The number of rotatable bonds is 6. The van der Waals surface area contributed by atoms with E-state index in [1.165, 1.54) is 22.1 Å². The van der Waals surface area contributed by atoms with E-state index in [0.29, 0.717) is 17.0 Å². The van der Waals surface area contributed by atoms with Gasteiger partial charge in [0.25, 0.3) is 0 Å². The molecule has 0 aliphatic heterocycles. The van der Waals surface area contributed by atoms with Crippen molar-refractivity contribution in [2.45, 2.75) is 19.9 Å². The first-order chi connectivity index (χ1) is 13.5. The Bertz CT molecular complexity index is 1170. The van der Waals surface area contributed by atoms with E-state index < -0.39 is 11.8 Å². The molecule has 0 spiro atoms. The number of halogens is 1. The lowest BCUT2D eigenvalue weighted by atomic mass is 10.2. The molecule has 0 aliphatic carbocycles. The normalized spacial score (nSPS) is 11.1. The summed E-state index contributed by atoms with van der Waals surface area (Å²) in [6.45, 7) is 2.05. The summed E-state index contributed by atoms with van der Waals surface area (Å²) in [6.07, 6.45) is 3.26. The predicted molar refractivity (Wildman–Crippen MR) is 102 cm³/mol. The van der Waals surface area contributed by atoms with E-state index in [2.05, 4.69) is 15.3 Å². The lowest BCUT2D eigenvalue weighted by Gasteiger charge is -2.07. The number of ether oxygens (including phenoxy) is 1. The number of pyridine rings is 1. The number of hydrogen-bond acceptors (Lipinski definition) is 6. The Kier molecular flexibility index (Phi) is 4.74. The summed E-state index contributed by atoms with van der Waals surface area (Å²) in [6, 6.07) is 8.34. The van der Waals surface area contributed by atoms with Gasteiger partial charge in [0, 0.05) is 12.3 Å². The topological polar surface area (TPSA) is 90.1 Å². The number of thiophene rings is 1. The largest absolute Gasteiger partial charge is 0.481 e. The molecule has 1 N–H and O–H groups in total. The standard InChI is InChI=1S/C19H15FN4O3S/c1-11-2-3-15(12(20)8-11)27-16-4-6-21-13-9-17(28-19(13)16)14-10-24(23-22-14)7-5-18(25)26/h2-4,6,8-10H,5,7H2,1H3,(H,25,26). The molecule has 142 valence electrons. The minimum Gasteiger partial charge on any atom is -0.481 e. The summed E-state index contributed by atoms with van der Waals surface area (Å²) < 4.78 is 22.2. The van der Waals surface area contributed by atoms with Gasteiger partial charge in [-0.1, -0.05) is 11.3 Å². The van der Waals surface area contributed by atoms with E-state index in [4.69, 9.17) is 9.84 Å². The van der Waals surface area contributed by atoms with Gasteiger partial charge in [-0.3, -0.25) is 14.5 Å². The van der Waals surface area contributed by atoms with Crippen molar-refractivity contribution in [3.05, 3.63) is 54.1 Å². The van der Waals surface area contributed by atoms with Crippen LogP contribution in [0.5, 0.6) is 11.5 Å². The van der Waals surface area contributed by atoms with Crippen LogP contribution in [0.15, 0.2) is 42.7 Å². The van der Waals surface area contributed by atoms with Crippen molar-refractivity contribution in [1.29, 1.82) is 0 Å². The molecule has 4 rings (SSSR count). The van der Waals surface area contributed by atoms with Gasteiger partial charge in [0.05, 0.1) is 34.3 Å². The maximum Gasteiger partial charge on any atom is 0.305 e. The highest BCUT2D eigenvalue weighted by atomic mass is 32.1. The van der Waals surface area contributed by atoms with Crippen LogP contribution < -0.4 is 4.74 Å². The third kappa shape index (κ3) is 3.70. The molecule has 3 heterocycles. The van der Waals surface area contributed by atoms with E-state index in [9.17, 15) is 9.18 Å². The lowest BCUT2D eigenvalue weighted by molar-refractivity contribution is -0.137. The van der Waals surface area contributed by atoms with Crippen LogP contribution in [0.25, 0.3) is 20.8 Å². The third-order valence-electron chi connectivity index (χ3n) is 4.03. The molecule has 1 aromatic carbocycles. The first-order valence-electron chi connectivity index (χ1n) is 8.44. The molecule has 4 aromatic rings. The van der Waals surface area contributed by atoms with Gasteiger partial charge in [-0.25, -0.2) is 4.39 Å². The van der Waals surface area contributed by atoms with E-state index in [-0.39, 0.29) is 18.7 Å². The number of carboxylic acids is 1. The second-order valence-corrected chi connectivity index (χ2v) is 7.23. The smallest absolute Gasteiger partial charge is 0.305 e. The summed E-state index contributed by atoms with van der Waals surface area (Å²) in [7, 11) is 0. The zero-order valence-electron chi connectivity index (χ0n) is 14.8. The number of nitrogens with zero attached hydrogens (tertiary/aromatic N) is 4. The van der Waals surface area contributed by atoms with Crippen molar-refractivity contribution in [3.63, 3.8) is 0 Å². The fourth-order valence-corrected chi connectivity index (χ4v) is 3.67. The molecule has 0 atom stereocenters. The number of aryl methyl sites for hydroxylation is 2. The minimum atomic E-state index is -0.895. The zero-order chi connectivity index (χ0) is 19.7. The quantitative estimate of drug-likeness (QED) is 0.522. The SMILES string of the molecule is Cc1ccc(Oc2ccnc3cc(-c4cn(CCC(=O)O)nn4)sc23)c(F)c1. The number of fused-ring (bicyclic) bond motifs is 1. The number of aromatic nitrogens is 4. The Morgan fingerprint density at radius 3 is 2.93 bits per heavy atom. The predicted octanol–water partition coefficient (Wildman–Crippen LogP) is 4.27. The zero-order valence-corrected chi connectivity index (χ0v) is 15.6. The molecule has 0 bridgehead atoms. The number of benzene rings is 1. The number of aliphatic carboxylic acids is 1. The van der Waals surface area contributed by atoms with Crippen LogP contribution >= 0.6 is 11.3 Å². The van der Waals surface area contributed by atoms with Gasteiger partial charge in [-0.15, -0.1) is 16.4 Å². The molecule has 0 fully saturated rings. The summed E-state index contributed by atoms with van der Waals surface area (Å²) in [5.74, 6) is -0.675. The maximum absolute atomic E-state index is 14.1. The molecule has 0 saturated heterocycles. The van der Waals surface area contributed by atoms with Gasteiger partial charge in [0.15, 0.2) is 11.6 Å². The minimum absolute atomic E-state index is 0.0309. The first-order valence-corrected chi connectivity index (χ1v) is 9.26. The summed E-state index contributed by atoms with van der Waals surface area (Å²) in [5, 5.41) is 16.8. The van der Waals surface area contributed by atoms with E-state index in [1.807, 2.05) is 13.0 Å². The van der Waals surface area contributed by atoms with Gasteiger partial charge in [-0.05, 0) is 30.7 Å². The molecule has 0 saturated carbocycles. The molecule has 3 aromatic heterocycles. The van der Waals surface area contributed by atoms with E-state index in [1.54, 1.807) is 30.6 Å². The Hall–Kier alpha value is -3.33. The highest BCUT2D eigenvalue weighted by Gasteiger charge is 2.14. The second-order valence-electron chi connectivity index (χ2n) is 6.18. The van der Waals surface area contributed by atoms with Crippen LogP contribution in [-0.4, -0.2) is 31.1 Å². The van der Waals surface area contributed by atoms with Crippen LogP contribution in [0.2, 0.25) is 0 Å². The molecular formula is C19H15FN4O3S. The van der Waals surface area contributed by atoms with Crippen LogP contribution in [0, 0.1) is 12.7 Å². The second kappa shape index (κ2) is 7.35. The van der Waals surface area contributed by atoms with Crippen molar-refractivity contribution >= 4 is 27.5 Å². The summed E-state index contributed by atoms with van der Waals surface area (Å²) in [4.78, 5) is 15.8. The van der Waals surface area contributed by atoms with Gasteiger partial charge in [-0.2, -0.15) is 0 Å². The van der Waals surface area contributed by atoms with Gasteiger partial charge < -0.3 is 9.84 Å². The Labute approximate surface area is 163 Å². The van der Waals surface area contributed by atoms with Gasteiger partial charge in [0.1, 0.15) is 11.4 Å². The summed E-state index contributed by atoms with van der Waals surface area (Å²) in [5.41, 5.74) is 2.13. The third-order valence-corrected chi connectivity index (χ3v) is 5.19.